The van der Waals surface area contributed by atoms with Crippen LogP contribution in [0.5, 0.6) is 11.6 Å². The topological polar surface area (TPSA) is 47.0 Å². The zero-order chi connectivity index (χ0) is 13.0. The van der Waals surface area contributed by atoms with E-state index in [1.165, 1.54) is 5.56 Å². The molecule has 0 spiro atoms. The molecule has 0 fully saturated rings. The van der Waals surface area contributed by atoms with Crippen molar-refractivity contribution in [2.75, 3.05) is 12.4 Å². The van der Waals surface area contributed by atoms with E-state index in [4.69, 9.17) is 4.74 Å². The van der Waals surface area contributed by atoms with Crippen LogP contribution in [0.25, 0.3) is 0 Å². The lowest BCUT2D eigenvalue weighted by Gasteiger charge is -2.08. The number of ether oxygens (including phenoxy) is 1. The van der Waals surface area contributed by atoms with Gasteiger partial charge < -0.3 is 10.1 Å². The Morgan fingerprint density at radius 1 is 1.11 bits per heavy atom. The highest BCUT2D eigenvalue weighted by atomic mass is 16.5. The minimum atomic E-state index is 0.485. The number of nitrogens with one attached hydrogen (secondary N) is 1. The van der Waals surface area contributed by atoms with Crippen LogP contribution >= 0.6 is 0 Å². The molecule has 0 unspecified atom stereocenters. The lowest BCUT2D eigenvalue weighted by Crippen LogP contribution is -1.96. The summed E-state index contributed by atoms with van der Waals surface area (Å²) in [5, 5.41) is 2.92. The molecule has 1 heterocycles. The van der Waals surface area contributed by atoms with Crippen LogP contribution in [0.4, 0.5) is 5.82 Å². The minimum absolute atomic E-state index is 0.485. The second-order valence-electron chi connectivity index (χ2n) is 4.32. The van der Waals surface area contributed by atoms with E-state index in [0.29, 0.717) is 17.6 Å². The van der Waals surface area contributed by atoms with Crippen molar-refractivity contribution < 1.29 is 4.74 Å². The molecule has 0 saturated heterocycles. The Morgan fingerprint density at radius 2 is 1.83 bits per heavy atom. The van der Waals surface area contributed by atoms with Crippen molar-refractivity contribution in [2.24, 2.45) is 0 Å². The molecular formula is C14H17N3O. The maximum absolute atomic E-state index is 5.64. The summed E-state index contributed by atoms with van der Waals surface area (Å²) < 4.78 is 5.64. The fourth-order valence-electron chi connectivity index (χ4n) is 1.56. The van der Waals surface area contributed by atoms with Gasteiger partial charge in [-0.2, -0.15) is 4.98 Å². The molecule has 1 aromatic carbocycles. The summed E-state index contributed by atoms with van der Waals surface area (Å²) in [4.78, 5) is 8.30. The van der Waals surface area contributed by atoms with Crippen molar-refractivity contribution in [1.29, 1.82) is 0 Å². The quantitative estimate of drug-likeness (QED) is 0.893. The predicted octanol–water partition coefficient (Wildman–Crippen LogP) is 3.43. The van der Waals surface area contributed by atoms with Crippen LogP contribution in [0.1, 0.15) is 25.3 Å². The van der Waals surface area contributed by atoms with E-state index >= 15 is 0 Å². The van der Waals surface area contributed by atoms with Gasteiger partial charge in [-0.05, 0) is 23.6 Å². The van der Waals surface area contributed by atoms with Gasteiger partial charge in [0.2, 0.25) is 5.88 Å². The molecule has 0 aliphatic heterocycles. The molecule has 4 heteroatoms. The second-order valence-corrected chi connectivity index (χ2v) is 4.32. The number of aromatic nitrogens is 2. The van der Waals surface area contributed by atoms with E-state index in [2.05, 4.69) is 41.3 Å². The van der Waals surface area contributed by atoms with Gasteiger partial charge >= 0.3 is 0 Å². The molecule has 0 aliphatic rings. The Morgan fingerprint density at radius 3 is 2.44 bits per heavy atom. The third kappa shape index (κ3) is 2.97. The summed E-state index contributed by atoms with van der Waals surface area (Å²) >= 11 is 0. The number of hydrogen-bond acceptors (Lipinski definition) is 4. The highest BCUT2D eigenvalue weighted by molar-refractivity contribution is 5.35. The monoisotopic (exact) mass is 243 g/mol. The first-order valence-electron chi connectivity index (χ1n) is 5.96. The van der Waals surface area contributed by atoms with E-state index in [0.717, 1.165) is 5.75 Å². The van der Waals surface area contributed by atoms with Crippen molar-refractivity contribution in [3.8, 4) is 11.6 Å². The lowest BCUT2D eigenvalue weighted by molar-refractivity contribution is 0.460. The smallest absolute Gasteiger partial charge is 0.239 e. The second kappa shape index (κ2) is 5.49. The van der Waals surface area contributed by atoms with Crippen LogP contribution in [0.2, 0.25) is 0 Å². The molecule has 0 amide bonds. The summed E-state index contributed by atoms with van der Waals surface area (Å²) in [5.41, 5.74) is 1.29. The Kier molecular flexibility index (Phi) is 3.77. The summed E-state index contributed by atoms with van der Waals surface area (Å²) in [6.45, 7) is 4.33. The van der Waals surface area contributed by atoms with Crippen LogP contribution < -0.4 is 10.1 Å². The van der Waals surface area contributed by atoms with E-state index < -0.39 is 0 Å². The van der Waals surface area contributed by atoms with Gasteiger partial charge in [0.15, 0.2) is 0 Å². The molecule has 94 valence electrons. The summed E-state index contributed by atoms with van der Waals surface area (Å²) in [5.74, 6) is 2.46. The summed E-state index contributed by atoms with van der Waals surface area (Å²) in [6.07, 6.45) is 3.24. The molecule has 1 aromatic heterocycles. The number of nitrogens with zero attached hydrogens (tertiary/aromatic N) is 2. The largest absolute Gasteiger partial charge is 0.437 e. The highest BCUT2D eigenvalue weighted by Gasteiger charge is 2.02. The number of rotatable bonds is 4. The Bertz CT molecular complexity index is 509. The lowest BCUT2D eigenvalue weighted by atomic mass is 10.0. The summed E-state index contributed by atoms with van der Waals surface area (Å²) in [7, 11) is 1.80. The summed E-state index contributed by atoms with van der Waals surface area (Å²) in [6, 6.07) is 8.02. The van der Waals surface area contributed by atoms with Gasteiger partial charge in [-0.25, -0.2) is 0 Å². The zero-order valence-corrected chi connectivity index (χ0v) is 10.8. The fraction of sp³-hybridized carbons (Fsp3) is 0.286. The Balaban J connectivity index is 2.13. The van der Waals surface area contributed by atoms with Crippen LogP contribution in [0.15, 0.2) is 36.7 Å². The van der Waals surface area contributed by atoms with Crippen LogP contribution in [0.3, 0.4) is 0 Å². The first-order chi connectivity index (χ1) is 8.69. The first kappa shape index (κ1) is 12.4. The maximum Gasteiger partial charge on any atom is 0.239 e. The average molecular weight is 243 g/mol. The van der Waals surface area contributed by atoms with E-state index in [9.17, 15) is 0 Å². The highest BCUT2D eigenvalue weighted by Crippen LogP contribution is 2.22. The third-order valence-electron chi connectivity index (χ3n) is 2.64. The van der Waals surface area contributed by atoms with Crippen molar-refractivity contribution >= 4 is 5.82 Å². The van der Waals surface area contributed by atoms with Gasteiger partial charge in [-0.3, -0.25) is 4.98 Å². The molecule has 4 nitrogen and oxygen atoms in total. The number of hydrogen-bond donors (Lipinski definition) is 1. The fourth-order valence-corrected chi connectivity index (χ4v) is 1.56. The molecule has 0 bridgehead atoms. The molecule has 2 aromatic rings. The number of benzene rings is 1. The maximum atomic E-state index is 5.64. The zero-order valence-electron chi connectivity index (χ0n) is 10.8. The first-order valence-corrected chi connectivity index (χ1v) is 5.96. The van der Waals surface area contributed by atoms with Crippen molar-refractivity contribution in [1.82, 2.24) is 9.97 Å². The number of anilines is 1. The SMILES string of the molecule is CNc1cncc(Oc2ccc(C(C)C)cc2)n1. The molecule has 0 saturated carbocycles. The van der Waals surface area contributed by atoms with Gasteiger partial charge in [0.1, 0.15) is 11.6 Å². The normalized spacial score (nSPS) is 10.4. The third-order valence-corrected chi connectivity index (χ3v) is 2.64. The minimum Gasteiger partial charge on any atom is -0.437 e. The van der Waals surface area contributed by atoms with E-state index in [1.807, 2.05) is 12.1 Å². The van der Waals surface area contributed by atoms with Crippen molar-refractivity contribution in [3.05, 3.63) is 42.2 Å². The molecular weight excluding hydrogens is 226 g/mol. The van der Waals surface area contributed by atoms with E-state index in [-0.39, 0.29) is 0 Å². The molecule has 18 heavy (non-hydrogen) atoms. The van der Waals surface area contributed by atoms with Gasteiger partial charge in [0.25, 0.3) is 0 Å². The van der Waals surface area contributed by atoms with Crippen LogP contribution in [-0.2, 0) is 0 Å². The average Bonchev–Trinajstić information content (AvgIpc) is 2.39. The van der Waals surface area contributed by atoms with Gasteiger partial charge in [-0.1, -0.05) is 26.0 Å². The Hall–Kier alpha value is -2.10. The van der Waals surface area contributed by atoms with Gasteiger partial charge in [0, 0.05) is 7.05 Å². The molecule has 1 N–H and O–H groups in total. The van der Waals surface area contributed by atoms with Crippen molar-refractivity contribution in [3.63, 3.8) is 0 Å². The molecule has 0 aliphatic carbocycles. The molecule has 2 rings (SSSR count). The predicted molar refractivity (Wildman–Crippen MR) is 72.2 cm³/mol. The van der Waals surface area contributed by atoms with Crippen LogP contribution in [-0.4, -0.2) is 17.0 Å². The standard InChI is InChI=1S/C14H17N3O/c1-10(2)11-4-6-12(7-5-11)18-14-9-16-8-13(15-3)17-14/h4-10H,1-3H3,(H,15,17). The van der Waals surface area contributed by atoms with Crippen LogP contribution in [0, 0.1) is 0 Å². The molecule has 0 radical (unpaired) electrons. The molecule has 0 atom stereocenters. The van der Waals surface area contributed by atoms with Gasteiger partial charge in [0.05, 0.1) is 12.4 Å². The van der Waals surface area contributed by atoms with Crippen molar-refractivity contribution in [2.45, 2.75) is 19.8 Å². The van der Waals surface area contributed by atoms with E-state index in [1.54, 1.807) is 19.4 Å². The Labute approximate surface area is 107 Å². The van der Waals surface area contributed by atoms with Gasteiger partial charge in [-0.15, -0.1) is 0 Å².